The fourth-order valence-electron chi connectivity index (χ4n) is 2.14. The number of nitrogens with one attached hydrogen (secondary N) is 1. The van der Waals surface area contributed by atoms with Crippen LogP contribution in [0.5, 0.6) is 0 Å². The number of carbonyl (C=O) groups excluding carboxylic acids is 1. The number of halogens is 1. The van der Waals surface area contributed by atoms with Gasteiger partial charge in [0.05, 0.1) is 4.90 Å². The first-order valence-corrected chi connectivity index (χ1v) is 8.37. The fourth-order valence-corrected chi connectivity index (χ4v) is 3.46. The van der Waals surface area contributed by atoms with E-state index in [1.807, 2.05) is 0 Å². The summed E-state index contributed by atoms with van der Waals surface area (Å²) in [6, 6.07) is 5.72. The van der Waals surface area contributed by atoms with Gasteiger partial charge in [0.25, 0.3) is 5.91 Å². The number of hydrogen-bond donors (Lipinski definition) is 2. The smallest absolute Gasteiger partial charge is 0.253 e. The number of nitrogens with two attached hydrogens (primary N) is 1. The van der Waals surface area contributed by atoms with Gasteiger partial charge in [0.15, 0.2) is 0 Å². The van der Waals surface area contributed by atoms with E-state index in [2.05, 4.69) is 4.72 Å². The molecule has 1 aliphatic rings. The highest BCUT2D eigenvalue weighted by Crippen LogP contribution is 2.32. The second kappa shape index (κ2) is 7.41. The van der Waals surface area contributed by atoms with E-state index in [9.17, 15) is 13.2 Å². The number of amides is 1. The van der Waals surface area contributed by atoms with Crippen molar-refractivity contribution in [3.8, 4) is 0 Å². The van der Waals surface area contributed by atoms with Crippen LogP contribution in [-0.4, -0.2) is 45.9 Å². The normalized spacial score (nSPS) is 15.8. The molecule has 0 aliphatic heterocycles. The number of nitrogens with zero attached hydrogens (tertiary/aromatic N) is 1. The van der Waals surface area contributed by atoms with Gasteiger partial charge >= 0.3 is 0 Å². The first-order valence-electron chi connectivity index (χ1n) is 6.89. The summed E-state index contributed by atoms with van der Waals surface area (Å²) in [4.78, 5) is 13.4. The molecule has 6 nitrogen and oxygen atoms in total. The molecule has 0 radical (unpaired) electrons. The first kappa shape index (κ1) is 18.9. The molecule has 0 heterocycles. The monoisotopic (exact) mass is 347 g/mol. The maximum Gasteiger partial charge on any atom is 0.253 e. The van der Waals surface area contributed by atoms with E-state index in [0.29, 0.717) is 18.0 Å². The summed E-state index contributed by atoms with van der Waals surface area (Å²) in [5, 5.41) is 0. The zero-order chi connectivity index (χ0) is 15.6. The van der Waals surface area contributed by atoms with Crippen molar-refractivity contribution in [2.75, 3.05) is 20.6 Å². The lowest BCUT2D eigenvalue weighted by Gasteiger charge is -2.16. The second-order valence-corrected chi connectivity index (χ2v) is 7.24. The van der Waals surface area contributed by atoms with Gasteiger partial charge in [-0.2, -0.15) is 0 Å². The van der Waals surface area contributed by atoms with Crippen LogP contribution in [0.25, 0.3) is 0 Å². The second-order valence-electron chi connectivity index (χ2n) is 5.52. The van der Waals surface area contributed by atoms with E-state index >= 15 is 0 Å². The minimum Gasteiger partial charge on any atom is -0.345 e. The summed E-state index contributed by atoms with van der Waals surface area (Å²) in [6.45, 7) is 0.293. The first-order chi connectivity index (χ1) is 9.85. The molecule has 1 fully saturated rings. The Balaban J connectivity index is 0.00000242. The largest absolute Gasteiger partial charge is 0.345 e. The summed E-state index contributed by atoms with van der Waals surface area (Å²) < 4.78 is 27.2. The van der Waals surface area contributed by atoms with Crippen LogP contribution in [0.1, 0.15) is 23.2 Å². The Morgan fingerprint density at radius 3 is 2.27 bits per heavy atom. The molecule has 1 aromatic rings. The van der Waals surface area contributed by atoms with E-state index in [4.69, 9.17) is 5.73 Å². The van der Waals surface area contributed by atoms with Gasteiger partial charge in [0.2, 0.25) is 10.0 Å². The molecular weight excluding hydrogens is 326 g/mol. The average molecular weight is 348 g/mol. The molecule has 0 spiro atoms. The van der Waals surface area contributed by atoms with Crippen LogP contribution in [-0.2, 0) is 10.0 Å². The van der Waals surface area contributed by atoms with Crippen LogP contribution in [0.15, 0.2) is 29.2 Å². The Morgan fingerprint density at radius 1 is 1.32 bits per heavy atom. The van der Waals surface area contributed by atoms with Gasteiger partial charge in [-0.3, -0.25) is 4.79 Å². The van der Waals surface area contributed by atoms with Crippen LogP contribution < -0.4 is 10.5 Å². The molecule has 3 N–H and O–H groups in total. The Hall–Kier alpha value is -1.15. The van der Waals surface area contributed by atoms with E-state index in [-0.39, 0.29) is 29.3 Å². The molecule has 22 heavy (non-hydrogen) atoms. The quantitative estimate of drug-likeness (QED) is 0.797. The van der Waals surface area contributed by atoms with Crippen molar-refractivity contribution < 1.29 is 13.2 Å². The van der Waals surface area contributed by atoms with E-state index in [0.717, 1.165) is 12.8 Å². The van der Waals surface area contributed by atoms with E-state index in [1.54, 1.807) is 14.1 Å². The van der Waals surface area contributed by atoms with Gasteiger partial charge in [-0.15, -0.1) is 12.4 Å². The van der Waals surface area contributed by atoms with Gasteiger partial charge < -0.3 is 10.6 Å². The molecule has 2 rings (SSSR count). The highest BCUT2D eigenvalue weighted by molar-refractivity contribution is 7.89. The molecule has 1 aromatic carbocycles. The molecule has 0 aromatic heterocycles. The summed E-state index contributed by atoms with van der Waals surface area (Å²) in [5.41, 5.74) is 6.07. The Labute approximate surface area is 137 Å². The number of sulfonamides is 1. The summed E-state index contributed by atoms with van der Waals surface area (Å²) in [5.74, 6) is 0.184. The molecular formula is C14H22ClN3O3S. The van der Waals surface area contributed by atoms with E-state index < -0.39 is 10.0 Å². The van der Waals surface area contributed by atoms with Gasteiger partial charge in [0, 0.05) is 32.2 Å². The third-order valence-electron chi connectivity index (χ3n) is 3.57. The third kappa shape index (κ3) is 4.42. The van der Waals surface area contributed by atoms with Crippen molar-refractivity contribution in [2.24, 2.45) is 11.7 Å². The number of rotatable bonds is 6. The SMILES string of the molecule is CN(C)C(=O)c1ccc(S(=O)(=O)NC(CN)C2CC2)cc1.Cl. The van der Waals surface area contributed by atoms with Crippen molar-refractivity contribution in [3.05, 3.63) is 29.8 Å². The maximum atomic E-state index is 12.3. The predicted molar refractivity (Wildman–Crippen MR) is 87.6 cm³/mol. The number of carbonyl (C=O) groups is 1. The lowest BCUT2D eigenvalue weighted by Crippen LogP contribution is -2.41. The third-order valence-corrected chi connectivity index (χ3v) is 5.08. The van der Waals surface area contributed by atoms with Crippen molar-refractivity contribution in [3.63, 3.8) is 0 Å². The zero-order valence-electron chi connectivity index (χ0n) is 12.7. The highest BCUT2D eigenvalue weighted by Gasteiger charge is 2.33. The van der Waals surface area contributed by atoms with Gasteiger partial charge in [-0.25, -0.2) is 13.1 Å². The molecule has 124 valence electrons. The van der Waals surface area contributed by atoms with Crippen molar-refractivity contribution in [1.29, 1.82) is 0 Å². The lowest BCUT2D eigenvalue weighted by molar-refractivity contribution is 0.0827. The van der Waals surface area contributed by atoms with E-state index in [1.165, 1.54) is 29.2 Å². The van der Waals surface area contributed by atoms with Crippen LogP contribution in [0, 0.1) is 5.92 Å². The molecule has 0 saturated heterocycles. The Kier molecular flexibility index (Phi) is 6.37. The lowest BCUT2D eigenvalue weighted by atomic mass is 10.2. The van der Waals surface area contributed by atoms with Gasteiger partial charge in [-0.05, 0) is 43.0 Å². The minimum atomic E-state index is -3.59. The summed E-state index contributed by atoms with van der Waals surface area (Å²) >= 11 is 0. The zero-order valence-corrected chi connectivity index (χ0v) is 14.3. The molecule has 1 aliphatic carbocycles. The molecule has 1 amide bonds. The van der Waals surface area contributed by atoms with Crippen LogP contribution in [0.3, 0.4) is 0 Å². The van der Waals surface area contributed by atoms with Crippen molar-refractivity contribution >= 4 is 28.3 Å². The predicted octanol–water partition coefficient (Wildman–Crippen LogP) is 0.826. The van der Waals surface area contributed by atoms with Crippen molar-refractivity contribution in [1.82, 2.24) is 9.62 Å². The maximum absolute atomic E-state index is 12.3. The molecule has 1 saturated carbocycles. The number of benzene rings is 1. The minimum absolute atomic E-state index is 0. The van der Waals surface area contributed by atoms with Gasteiger partial charge in [0.1, 0.15) is 0 Å². The molecule has 0 bridgehead atoms. The van der Waals surface area contributed by atoms with Crippen LogP contribution in [0.2, 0.25) is 0 Å². The fraction of sp³-hybridized carbons (Fsp3) is 0.500. The highest BCUT2D eigenvalue weighted by atomic mass is 35.5. The van der Waals surface area contributed by atoms with Gasteiger partial charge in [-0.1, -0.05) is 0 Å². The topological polar surface area (TPSA) is 92.5 Å². The average Bonchev–Trinajstić information content (AvgIpc) is 3.28. The standard InChI is InChI=1S/C14H21N3O3S.ClH/c1-17(2)14(18)11-5-7-12(8-6-11)21(19,20)16-13(9-15)10-3-4-10;/h5-8,10,13,16H,3-4,9,15H2,1-2H3;1H. The number of hydrogen-bond acceptors (Lipinski definition) is 4. The van der Waals surface area contributed by atoms with Crippen LogP contribution >= 0.6 is 12.4 Å². The van der Waals surface area contributed by atoms with Crippen molar-refractivity contribution in [2.45, 2.75) is 23.8 Å². The van der Waals surface area contributed by atoms with Crippen LogP contribution in [0.4, 0.5) is 0 Å². The molecule has 1 unspecified atom stereocenters. The Bertz CT molecular complexity index is 613. The Morgan fingerprint density at radius 2 is 1.86 bits per heavy atom. The molecule has 8 heteroatoms. The molecule has 1 atom stereocenters. The summed E-state index contributed by atoms with van der Waals surface area (Å²) in [6.07, 6.45) is 2.03. The summed E-state index contributed by atoms with van der Waals surface area (Å²) in [7, 11) is -0.297.